The van der Waals surface area contributed by atoms with Gasteiger partial charge in [-0.2, -0.15) is 0 Å². The third-order valence-electron chi connectivity index (χ3n) is 3.10. The van der Waals surface area contributed by atoms with E-state index in [1.165, 1.54) is 10.8 Å². The molecule has 0 fully saturated rings. The molecule has 2 rings (SSSR count). The first-order valence-corrected chi connectivity index (χ1v) is 6.42. The highest BCUT2D eigenvalue weighted by molar-refractivity contribution is 6.02. The van der Waals surface area contributed by atoms with Gasteiger partial charge in [0.05, 0.1) is 11.1 Å². The van der Waals surface area contributed by atoms with E-state index in [1.807, 2.05) is 6.92 Å². The molecule has 2 aromatic rings. The molecule has 0 saturated carbocycles. The lowest BCUT2D eigenvalue weighted by Gasteiger charge is -2.12. The van der Waals surface area contributed by atoms with Crippen molar-refractivity contribution in [3.05, 3.63) is 27.9 Å². The summed E-state index contributed by atoms with van der Waals surface area (Å²) in [6, 6.07) is 0. The predicted octanol–water partition coefficient (Wildman–Crippen LogP) is 1.04. The second kappa shape index (κ2) is 5.28. The number of carbonyl (C=O) groups is 1. The van der Waals surface area contributed by atoms with E-state index in [4.69, 9.17) is 10.8 Å². The molecule has 0 aliphatic carbocycles. The normalized spacial score (nSPS) is 10.9. The zero-order valence-corrected chi connectivity index (χ0v) is 11.4. The molecular formula is C13H16N4O3. The summed E-state index contributed by atoms with van der Waals surface area (Å²) >= 11 is 0. The van der Waals surface area contributed by atoms with E-state index in [9.17, 15) is 9.59 Å². The maximum atomic E-state index is 12.2. The van der Waals surface area contributed by atoms with Gasteiger partial charge >= 0.3 is 5.97 Å². The monoisotopic (exact) mass is 276 g/mol. The van der Waals surface area contributed by atoms with Crippen molar-refractivity contribution in [3.8, 4) is 0 Å². The molecule has 0 bridgehead atoms. The fraction of sp³-hybridized carbons (Fsp3) is 0.385. The second-order valence-electron chi connectivity index (χ2n) is 4.42. The zero-order valence-electron chi connectivity index (χ0n) is 11.4. The molecule has 7 nitrogen and oxygen atoms in total. The van der Waals surface area contributed by atoms with E-state index < -0.39 is 17.1 Å². The summed E-state index contributed by atoms with van der Waals surface area (Å²) in [5.41, 5.74) is 5.05. The van der Waals surface area contributed by atoms with Crippen LogP contribution in [-0.2, 0) is 13.0 Å². The van der Waals surface area contributed by atoms with Crippen LogP contribution in [-0.4, -0.2) is 25.6 Å². The maximum absolute atomic E-state index is 12.2. The lowest BCUT2D eigenvalue weighted by molar-refractivity contribution is 0.0695. The predicted molar refractivity (Wildman–Crippen MR) is 74.8 cm³/mol. The number of anilines is 1. The number of hydrogen-bond donors (Lipinski definition) is 2. The van der Waals surface area contributed by atoms with Gasteiger partial charge in [0.25, 0.3) is 5.56 Å². The van der Waals surface area contributed by atoms with Gasteiger partial charge in [0, 0.05) is 19.2 Å². The number of carboxylic acid groups (broad SMARTS) is 1. The van der Waals surface area contributed by atoms with Crippen LogP contribution in [0.4, 0.5) is 5.69 Å². The Morgan fingerprint density at radius 3 is 2.70 bits per heavy atom. The van der Waals surface area contributed by atoms with Crippen LogP contribution < -0.4 is 11.3 Å². The molecule has 106 valence electrons. The molecule has 0 aliphatic heterocycles. The van der Waals surface area contributed by atoms with Crippen molar-refractivity contribution in [2.45, 2.75) is 33.2 Å². The van der Waals surface area contributed by atoms with Gasteiger partial charge in [-0.3, -0.25) is 9.36 Å². The first kappa shape index (κ1) is 14.0. The maximum Gasteiger partial charge on any atom is 0.343 e. The van der Waals surface area contributed by atoms with Crippen molar-refractivity contribution in [1.82, 2.24) is 14.5 Å². The number of nitrogens with two attached hydrogens (primary N) is 1. The van der Waals surface area contributed by atoms with Gasteiger partial charge < -0.3 is 10.8 Å². The van der Waals surface area contributed by atoms with Crippen molar-refractivity contribution in [2.75, 3.05) is 5.73 Å². The van der Waals surface area contributed by atoms with E-state index in [-0.39, 0.29) is 5.69 Å². The Labute approximate surface area is 115 Å². The number of pyridine rings is 1. The Hall–Kier alpha value is -2.44. The van der Waals surface area contributed by atoms with Crippen molar-refractivity contribution >= 4 is 22.7 Å². The lowest BCUT2D eigenvalue weighted by atomic mass is 10.1. The van der Waals surface area contributed by atoms with Gasteiger partial charge in [0.2, 0.25) is 0 Å². The Bertz CT molecular complexity index is 736. The van der Waals surface area contributed by atoms with E-state index >= 15 is 0 Å². The molecular weight excluding hydrogens is 260 g/mol. The fourth-order valence-corrected chi connectivity index (χ4v) is 2.13. The van der Waals surface area contributed by atoms with Crippen molar-refractivity contribution in [3.63, 3.8) is 0 Å². The molecule has 0 aliphatic rings. The summed E-state index contributed by atoms with van der Waals surface area (Å²) < 4.78 is 1.32. The molecule has 0 unspecified atom stereocenters. The number of nitrogens with zero attached hydrogens (tertiary/aromatic N) is 3. The molecule has 0 radical (unpaired) electrons. The number of nitrogen functional groups attached to an aromatic ring is 1. The van der Waals surface area contributed by atoms with Gasteiger partial charge in [0.15, 0.2) is 0 Å². The van der Waals surface area contributed by atoms with E-state index in [0.29, 0.717) is 29.8 Å². The highest BCUT2D eigenvalue weighted by Crippen LogP contribution is 2.20. The molecule has 0 spiro atoms. The highest BCUT2D eigenvalue weighted by atomic mass is 16.4. The fourth-order valence-electron chi connectivity index (χ4n) is 2.13. The van der Waals surface area contributed by atoms with Crippen LogP contribution in [0.25, 0.3) is 11.0 Å². The summed E-state index contributed by atoms with van der Waals surface area (Å²) in [7, 11) is 0. The SMILES string of the molecule is CCCc1ncc2c(N)c(C(=O)O)c(=O)n(CC)c2n1. The number of hydrogen-bond acceptors (Lipinski definition) is 5. The minimum atomic E-state index is -1.34. The van der Waals surface area contributed by atoms with E-state index in [0.717, 1.165) is 6.42 Å². The molecule has 2 heterocycles. The number of fused-ring (bicyclic) bond motifs is 1. The second-order valence-corrected chi connectivity index (χ2v) is 4.42. The van der Waals surface area contributed by atoms with Crippen LogP contribution in [0.3, 0.4) is 0 Å². The smallest absolute Gasteiger partial charge is 0.343 e. The highest BCUT2D eigenvalue weighted by Gasteiger charge is 2.20. The molecule has 0 saturated heterocycles. The lowest BCUT2D eigenvalue weighted by Crippen LogP contribution is -2.28. The first-order valence-electron chi connectivity index (χ1n) is 6.42. The van der Waals surface area contributed by atoms with Gasteiger partial charge in [-0.1, -0.05) is 6.92 Å². The van der Waals surface area contributed by atoms with Crippen LogP contribution in [0, 0.1) is 0 Å². The topological polar surface area (TPSA) is 111 Å². The van der Waals surface area contributed by atoms with E-state index in [2.05, 4.69) is 9.97 Å². The Balaban J connectivity index is 2.89. The van der Waals surface area contributed by atoms with Gasteiger partial charge in [-0.15, -0.1) is 0 Å². The van der Waals surface area contributed by atoms with Crippen molar-refractivity contribution in [2.24, 2.45) is 0 Å². The van der Waals surface area contributed by atoms with Crippen molar-refractivity contribution in [1.29, 1.82) is 0 Å². The molecule has 20 heavy (non-hydrogen) atoms. The summed E-state index contributed by atoms with van der Waals surface area (Å²) in [6.45, 7) is 4.07. The third kappa shape index (κ3) is 2.11. The Morgan fingerprint density at radius 1 is 1.45 bits per heavy atom. The molecule has 7 heteroatoms. The number of aromatic nitrogens is 3. The summed E-state index contributed by atoms with van der Waals surface area (Å²) in [6.07, 6.45) is 3.06. The summed E-state index contributed by atoms with van der Waals surface area (Å²) in [5.74, 6) is -0.724. The quantitative estimate of drug-likeness (QED) is 0.863. The Morgan fingerprint density at radius 2 is 2.15 bits per heavy atom. The number of rotatable bonds is 4. The average Bonchev–Trinajstić information content (AvgIpc) is 2.39. The standard InChI is InChI=1S/C13H16N4O3/c1-3-5-8-15-6-7-10(14)9(13(19)20)12(18)17(4-2)11(7)16-8/h6H,3-5,14H2,1-2H3,(H,19,20). The summed E-state index contributed by atoms with van der Waals surface area (Å²) in [5, 5.41) is 9.52. The largest absolute Gasteiger partial charge is 0.477 e. The summed E-state index contributed by atoms with van der Waals surface area (Å²) in [4.78, 5) is 31.9. The number of aryl methyl sites for hydroxylation is 2. The molecule has 0 amide bonds. The number of aromatic carboxylic acids is 1. The van der Waals surface area contributed by atoms with Gasteiger partial charge in [-0.25, -0.2) is 14.8 Å². The number of carboxylic acids is 1. The third-order valence-corrected chi connectivity index (χ3v) is 3.10. The minimum Gasteiger partial charge on any atom is -0.477 e. The van der Waals surface area contributed by atoms with Gasteiger partial charge in [-0.05, 0) is 13.3 Å². The first-order chi connectivity index (χ1) is 9.51. The Kier molecular flexibility index (Phi) is 3.69. The molecule has 0 atom stereocenters. The van der Waals surface area contributed by atoms with Crippen LogP contribution in [0.1, 0.15) is 36.5 Å². The van der Waals surface area contributed by atoms with Crippen LogP contribution in [0.5, 0.6) is 0 Å². The van der Waals surface area contributed by atoms with Crippen LogP contribution in [0.15, 0.2) is 11.0 Å². The zero-order chi connectivity index (χ0) is 14.9. The average molecular weight is 276 g/mol. The van der Waals surface area contributed by atoms with Crippen LogP contribution in [0.2, 0.25) is 0 Å². The van der Waals surface area contributed by atoms with E-state index in [1.54, 1.807) is 6.92 Å². The van der Waals surface area contributed by atoms with Crippen molar-refractivity contribution < 1.29 is 9.90 Å². The minimum absolute atomic E-state index is 0.0785. The molecule has 0 aromatic carbocycles. The van der Waals surface area contributed by atoms with Crippen LogP contribution >= 0.6 is 0 Å². The van der Waals surface area contributed by atoms with Gasteiger partial charge in [0.1, 0.15) is 17.0 Å². The molecule has 2 aromatic heterocycles. The molecule has 3 N–H and O–H groups in total.